The molecular formula is C18H21BrN2O3. The lowest BCUT2D eigenvalue weighted by Crippen LogP contribution is -2.37. The molecule has 0 radical (unpaired) electrons. The Morgan fingerprint density at radius 3 is 2.79 bits per heavy atom. The summed E-state index contributed by atoms with van der Waals surface area (Å²) in [6.45, 7) is 2.12. The molecule has 128 valence electrons. The van der Waals surface area contributed by atoms with Crippen LogP contribution in [-0.4, -0.2) is 30.4 Å². The van der Waals surface area contributed by atoms with Gasteiger partial charge in [0.15, 0.2) is 0 Å². The first-order valence-electron chi connectivity index (χ1n) is 8.17. The molecule has 24 heavy (non-hydrogen) atoms. The lowest BCUT2D eigenvalue weighted by Gasteiger charge is -2.31. The molecule has 1 aromatic heterocycles. The van der Waals surface area contributed by atoms with Crippen LogP contribution in [0.2, 0.25) is 0 Å². The van der Waals surface area contributed by atoms with E-state index in [1.165, 1.54) is 0 Å². The number of hydrogen-bond acceptors (Lipinski definition) is 5. The third kappa shape index (κ3) is 3.26. The molecule has 0 atom stereocenters. The number of pyridine rings is 1. The van der Waals surface area contributed by atoms with Crippen molar-refractivity contribution >= 4 is 38.5 Å². The molecule has 0 amide bonds. The highest BCUT2D eigenvalue weighted by atomic mass is 79.9. The van der Waals surface area contributed by atoms with E-state index in [4.69, 9.17) is 9.47 Å². The maximum atomic E-state index is 12.4. The normalized spacial score (nSPS) is 16.3. The second kappa shape index (κ2) is 7.07. The molecule has 5 nitrogen and oxygen atoms in total. The van der Waals surface area contributed by atoms with Crippen LogP contribution >= 0.6 is 15.9 Å². The maximum Gasteiger partial charge on any atom is 0.341 e. The summed E-state index contributed by atoms with van der Waals surface area (Å²) in [6, 6.07) is 5.82. The highest BCUT2D eigenvalue weighted by molar-refractivity contribution is 9.10. The maximum absolute atomic E-state index is 12.4. The average molecular weight is 393 g/mol. The monoisotopic (exact) mass is 392 g/mol. The minimum atomic E-state index is -0.447. The lowest BCUT2D eigenvalue weighted by atomic mass is 10.1. The molecule has 0 saturated heterocycles. The van der Waals surface area contributed by atoms with Gasteiger partial charge in [0.05, 0.1) is 17.8 Å². The molecule has 0 unspecified atom stereocenters. The number of rotatable bonds is 5. The first kappa shape index (κ1) is 17.2. The van der Waals surface area contributed by atoms with Gasteiger partial charge < -0.3 is 14.8 Å². The molecule has 1 fully saturated rings. The number of hydrogen-bond donors (Lipinski definition) is 1. The number of aromatic nitrogens is 1. The van der Waals surface area contributed by atoms with Crippen LogP contribution in [0.4, 0.5) is 5.69 Å². The molecule has 1 N–H and O–H groups in total. The zero-order valence-corrected chi connectivity index (χ0v) is 15.5. The lowest BCUT2D eigenvalue weighted by molar-refractivity contribution is 0.0209. The number of ether oxygens (including phenoxy) is 2. The van der Waals surface area contributed by atoms with Crippen LogP contribution in [0.15, 0.2) is 28.9 Å². The van der Waals surface area contributed by atoms with Gasteiger partial charge in [-0.05, 0) is 50.8 Å². The quantitative estimate of drug-likeness (QED) is 0.599. The first-order valence-corrected chi connectivity index (χ1v) is 8.96. The predicted octanol–water partition coefficient (Wildman–Crippen LogP) is 4.50. The highest BCUT2D eigenvalue weighted by Crippen LogP contribution is 2.37. The Labute approximate surface area is 149 Å². The fourth-order valence-electron chi connectivity index (χ4n) is 3.22. The summed E-state index contributed by atoms with van der Waals surface area (Å²) < 4.78 is 11.9. The van der Waals surface area contributed by atoms with Crippen molar-refractivity contribution in [1.29, 1.82) is 0 Å². The van der Waals surface area contributed by atoms with E-state index in [1.54, 1.807) is 20.2 Å². The Balaban J connectivity index is 2.14. The van der Waals surface area contributed by atoms with Gasteiger partial charge >= 0.3 is 5.97 Å². The van der Waals surface area contributed by atoms with E-state index >= 15 is 0 Å². The topological polar surface area (TPSA) is 60.5 Å². The molecular weight excluding hydrogens is 372 g/mol. The Kier molecular flexibility index (Phi) is 5.06. The summed E-state index contributed by atoms with van der Waals surface area (Å²) in [6.07, 6.45) is 5.59. The van der Waals surface area contributed by atoms with Gasteiger partial charge in [0.1, 0.15) is 11.3 Å². The molecule has 1 aromatic carbocycles. The van der Waals surface area contributed by atoms with E-state index in [0.29, 0.717) is 12.2 Å². The van der Waals surface area contributed by atoms with Gasteiger partial charge in [-0.25, -0.2) is 4.79 Å². The third-order valence-corrected chi connectivity index (χ3v) is 4.97. The van der Waals surface area contributed by atoms with Crippen LogP contribution in [0.1, 0.15) is 43.0 Å². The van der Waals surface area contributed by atoms with E-state index in [9.17, 15) is 4.79 Å². The van der Waals surface area contributed by atoms with Crippen LogP contribution in [0, 0.1) is 0 Å². The van der Waals surface area contributed by atoms with Gasteiger partial charge in [0.25, 0.3) is 0 Å². The molecule has 0 bridgehead atoms. The molecule has 2 aromatic rings. The van der Waals surface area contributed by atoms with Crippen molar-refractivity contribution in [3.63, 3.8) is 0 Å². The number of methoxy groups -OCH3 is 1. The van der Waals surface area contributed by atoms with Crippen molar-refractivity contribution in [2.24, 2.45) is 0 Å². The minimum absolute atomic E-state index is 0.324. The Morgan fingerprint density at radius 2 is 2.12 bits per heavy atom. The third-order valence-electron chi connectivity index (χ3n) is 4.48. The Hall–Kier alpha value is -1.66. The van der Waals surface area contributed by atoms with Crippen molar-refractivity contribution in [2.45, 2.75) is 38.3 Å². The van der Waals surface area contributed by atoms with Crippen molar-refractivity contribution in [1.82, 2.24) is 4.98 Å². The molecule has 1 aliphatic carbocycles. The molecule has 1 aliphatic rings. The van der Waals surface area contributed by atoms with Crippen LogP contribution in [0.3, 0.4) is 0 Å². The number of fused-ring (bicyclic) bond motifs is 1. The summed E-state index contributed by atoms with van der Waals surface area (Å²) >= 11 is 3.50. The van der Waals surface area contributed by atoms with Crippen LogP contribution < -0.4 is 5.32 Å². The van der Waals surface area contributed by atoms with E-state index in [-0.39, 0.29) is 5.97 Å². The number of anilines is 1. The van der Waals surface area contributed by atoms with Crippen LogP contribution in [-0.2, 0) is 9.47 Å². The zero-order chi connectivity index (χ0) is 17.2. The zero-order valence-electron chi connectivity index (χ0n) is 13.9. The number of nitrogens with zero attached hydrogens (tertiary/aromatic N) is 1. The SMILES string of the molecule is CCOC(=O)c1cnc2ccc(Br)cc2c1NC1(OC)CCCC1. The first-order chi connectivity index (χ1) is 11.6. The second-order valence-corrected chi connectivity index (χ2v) is 6.88. The van der Waals surface area contributed by atoms with Crippen LogP contribution in [0.5, 0.6) is 0 Å². The fraction of sp³-hybridized carbons (Fsp3) is 0.444. The molecule has 3 rings (SSSR count). The molecule has 1 heterocycles. The van der Waals surface area contributed by atoms with E-state index in [0.717, 1.165) is 46.7 Å². The van der Waals surface area contributed by atoms with Gasteiger partial charge in [0.2, 0.25) is 0 Å². The fourth-order valence-corrected chi connectivity index (χ4v) is 3.58. The van der Waals surface area contributed by atoms with Gasteiger partial charge in [-0.1, -0.05) is 15.9 Å². The predicted molar refractivity (Wildman–Crippen MR) is 97.2 cm³/mol. The van der Waals surface area contributed by atoms with Gasteiger partial charge in [-0.2, -0.15) is 0 Å². The van der Waals surface area contributed by atoms with Gasteiger partial charge in [0, 0.05) is 23.2 Å². The summed E-state index contributed by atoms with van der Waals surface area (Å²) in [5, 5.41) is 4.37. The molecule has 6 heteroatoms. The van der Waals surface area contributed by atoms with Crippen molar-refractivity contribution in [2.75, 3.05) is 19.0 Å². The largest absolute Gasteiger partial charge is 0.462 e. The smallest absolute Gasteiger partial charge is 0.341 e. The summed E-state index contributed by atoms with van der Waals surface area (Å²) in [5.74, 6) is -0.376. The summed E-state index contributed by atoms with van der Waals surface area (Å²) in [4.78, 5) is 16.8. The van der Waals surface area contributed by atoms with E-state index in [2.05, 4.69) is 26.2 Å². The average Bonchev–Trinajstić information content (AvgIpc) is 3.04. The van der Waals surface area contributed by atoms with Crippen LogP contribution in [0.25, 0.3) is 10.9 Å². The summed E-state index contributed by atoms with van der Waals surface area (Å²) in [7, 11) is 1.71. The number of carbonyl (C=O) groups is 1. The van der Waals surface area contributed by atoms with Crippen molar-refractivity contribution in [3.05, 3.63) is 34.4 Å². The van der Waals surface area contributed by atoms with Crippen molar-refractivity contribution < 1.29 is 14.3 Å². The number of benzene rings is 1. The number of halogens is 1. The number of esters is 1. The number of carbonyl (C=O) groups excluding carboxylic acids is 1. The molecule has 0 aliphatic heterocycles. The Bertz CT molecular complexity index is 757. The van der Waals surface area contributed by atoms with E-state index in [1.807, 2.05) is 18.2 Å². The molecule has 0 spiro atoms. The highest BCUT2D eigenvalue weighted by Gasteiger charge is 2.35. The summed E-state index contributed by atoms with van der Waals surface area (Å²) in [5.41, 5.74) is 1.53. The second-order valence-electron chi connectivity index (χ2n) is 5.96. The Morgan fingerprint density at radius 1 is 1.38 bits per heavy atom. The number of nitrogens with one attached hydrogen (secondary N) is 1. The van der Waals surface area contributed by atoms with Crippen molar-refractivity contribution in [3.8, 4) is 0 Å². The molecule has 1 saturated carbocycles. The van der Waals surface area contributed by atoms with Gasteiger partial charge in [-0.3, -0.25) is 4.98 Å². The standard InChI is InChI=1S/C18H21BrN2O3/c1-3-24-17(22)14-11-20-15-7-6-12(19)10-13(15)16(14)21-18(23-2)8-4-5-9-18/h6-7,10-11H,3-5,8-9H2,1-2H3,(H,20,21). The van der Waals surface area contributed by atoms with Gasteiger partial charge in [-0.15, -0.1) is 0 Å². The van der Waals surface area contributed by atoms with E-state index < -0.39 is 5.72 Å². The minimum Gasteiger partial charge on any atom is -0.462 e.